The van der Waals surface area contributed by atoms with Gasteiger partial charge in [-0.2, -0.15) is 0 Å². The van der Waals surface area contributed by atoms with E-state index in [9.17, 15) is 4.79 Å². The van der Waals surface area contributed by atoms with E-state index in [1.807, 2.05) is 0 Å². The fourth-order valence-electron chi connectivity index (χ4n) is 3.94. The molecule has 0 aromatic heterocycles. The summed E-state index contributed by atoms with van der Waals surface area (Å²) in [4.78, 5) is 13.2. The lowest BCUT2D eigenvalue weighted by Gasteiger charge is -2.23. The summed E-state index contributed by atoms with van der Waals surface area (Å²) in [6.07, 6.45) is 6.88. The molecule has 0 aliphatic heterocycles. The van der Waals surface area contributed by atoms with Crippen molar-refractivity contribution in [2.45, 2.75) is 66.0 Å². The van der Waals surface area contributed by atoms with E-state index in [0.29, 0.717) is 18.0 Å². The Kier molecular flexibility index (Phi) is 7.73. The summed E-state index contributed by atoms with van der Waals surface area (Å²) in [5.41, 5.74) is 6.20. The summed E-state index contributed by atoms with van der Waals surface area (Å²) >= 11 is 0. The zero-order valence-corrected chi connectivity index (χ0v) is 19.5. The molecule has 2 aromatic carbocycles. The molecular weight excluding hydrogens is 380 g/mol. The normalized spacial score (nSPS) is 20.3. The third kappa shape index (κ3) is 6.58. The van der Waals surface area contributed by atoms with Crippen molar-refractivity contribution in [1.82, 2.24) is 0 Å². The smallest absolute Gasteiger partial charge is 0.185 e. The molecule has 0 bridgehead atoms. The quantitative estimate of drug-likeness (QED) is 0.451. The maximum absolute atomic E-state index is 13.2. The van der Waals surface area contributed by atoms with Crippen molar-refractivity contribution in [3.8, 4) is 0 Å². The number of rotatable bonds is 7. The van der Waals surface area contributed by atoms with Crippen LogP contribution in [0, 0.1) is 5.92 Å². The summed E-state index contributed by atoms with van der Waals surface area (Å²) in [6.45, 7) is 10.8. The standard InChI is InChI=1S/C28H36N2O.2H2/c1-6-21(5)30-27-13-9-23(10-14-27)18-25-16-20(4)15-24(28(25)31)17-22-7-11-26(12-8-22)29-19(2)3;;/h7-14,17-21,29-30H,6,15-16H2,1-5H3;2*1H/b24-17+,25-18+;;. The summed E-state index contributed by atoms with van der Waals surface area (Å²) in [7, 11) is 0. The fraction of sp³-hybridized carbons (Fsp3) is 0.393. The third-order valence-electron chi connectivity index (χ3n) is 5.70. The number of anilines is 2. The van der Waals surface area contributed by atoms with E-state index in [-0.39, 0.29) is 8.64 Å². The second kappa shape index (κ2) is 10.5. The lowest BCUT2D eigenvalue weighted by atomic mass is 9.81. The van der Waals surface area contributed by atoms with E-state index < -0.39 is 0 Å². The van der Waals surface area contributed by atoms with Crippen molar-refractivity contribution in [3.05, 3.63) is 70.8 Å². The van der Waals surface area contributed by atoms with Crippen LogP contribution in [0.5, 0.6) is 0 Å². The average molecular weight is 421 g/mol. The Morgan fingerprint density at radius 2 is 1.32 bits per heavy atom. The molecule has 1 saturated carbocycles. The largest absolute Gasteiger partial charge is 0.383 e. The predicted octanol–water partition coefficient (Wildman–Crippen LogP) is 7.68. The Labute approximate surface area is 190 Å². The van der Waals surface area contributed by atoms with E-state index in [0.717, 1.165) is 52.9 Å². The van der Waals surface area contributed by atoms with E-state index in [4.69, 9.17) is 0 Å². The van der Waals surface area contributed by atoms with E-state index in [1.165, 1.54) is 0 Å². The van der Waals surface area contributed by atoms with Gasteiger partial charge < -0.3 is 10.6 Å². The maximum Gasteiger partial charge on any atom is 0.185 e. The SMILES string of the molecule is CCC(C)Nc1ccc(/C=C2\CC(C)C/C(=C\c3ccc(NC(C)C)cc3)C2=O)cc1.[HH].[HH]. The topological polar surface area (TPSA) is 41.1 Å². The van der Waals surface area contributed by atoms with Crippen LogP contribution in [0.15, 0.2) is 59.7 Å². The van der Waals surface area contributed by atoms with Crippen LogP contribution in [-0.4, -0.2) is 17.9 Å². The molecule has 0 spiro atoms. The number of hydrogen-bond acceptors (Lipinski definition) is 3. The van der Waals surface area contributed by atoms with Gasteiger partial charge in [-0.05, 0) is 93.5 Å². The molecule has 1 aliphatic rings. The summed E-state index contributed by atoms with van der Waals surface area (Å²) in [5.74, 6) is 0.646. The predicted molar refractivity (Wildman–Crippen MR) is 139 cm³/mol. The average Bonchev–Trinajstić information content (AvgIpc) is 2.73. The second-order valence-electron chi connectivity index (χ2n) is 9.18. The summed E-state index contributed by atoms with van der Waals surface area (Å²) in [5, 5.41) is 6.89. The number of ketones is 1. The Balaban J connectivity index is 0.00000272. The molecule has 0 saturated heterocycles. The van der Waals surface area contributed by atoms with Crippen LogP contribution < -0.4 is 10.6 Å². The van der Waals surface area contributed by atoms with Crippen LogP contribution in [0.4, 0.5) is 11.4 Å². The van der Waals surface area contributed by atoms with Crippen LogP contribution in [0.1, 0.15) is 67.9 Å². The number of benzene rings is 2. The summed E-state index contributed by atoms with van der Waals surface area (Å²) < 4.78 is 0. The van der Waals surface area contributed by atoms with Crippen LogP contribution in [0.2, 0.25) is 0 Å². The molecule has 0 radical (unpaired) electrons. The van der Waals surface area contributed by atoms with Crippen molar-refractivity contribution in [2.75, 3.05) is 10.6 Å². The third-order valence-corrected chi connectivity index (χ3v) is 5.70. The van der Waals surface area contributed by atoms with E-state index in [1.54, 1.807) is 0 Å². The highest BCUT2D eigenvalue weighted by molar-refractivity contribution is 6.14. The fourth-order valence-corrected chi connectivity index (χ4v) is 3.94. The van der Waals surface area contributed by atoms with Gasteiger partial charge in [0, 0.05) is 37.5 Å². The summed E-state index contributed by atoms with van der Waals surface area (Å²) in [6, 6.07) is 17.5. The molecule has 2 aromatic rings. The number of nitrogens with one attached hydrogen (secondary N) is 2. The molecule has 3 rings (SSSR count). The minimum Gasteiger partial charge on any atom is -0.383 e. The Morgan fingerprint density at radius 3 is 1.74 bits per heavy atom. The number of Topliss-reactive ketones (excluding diaryl/α,β-unsaturated/α-hetero) is 1. The molecule has 2 atom stereocenters. The molecule has 2 N–H and O–H groups in total. The minimum absolute atomic E-state index is 0. The van der Waals surface area contributed by atoms with Gasteiger partial charge in [0.1, 0.15) is 0 Å². The van der Waals surface area contributed by atoms with Gasteiger partial charge >= 0.3 is 0 Å². The zero-order chi connectivity index (χ0) is 22.4. The van der Waals surface area contributed by atoms with E-state index in [2.05, 4.69) is 106 Å². The molecule has 0 amide bonds. The first-order valence-corrected chi connectivity index (χ1v) is 11.5. The molecule has 3 heteroatoms. The molecule has 0 heterocycles. The van der Waals surface area contributed by atoms with Crippen LogP contribution >= 0.6 is 0 Å². The number of carbonyl (C=O) groups is 1. The van der Waals surface area contributed by atoms with Crippen LogP contribution in [0.3, 0.4) is 0 Å². The number of hydrogen-bond donors (Lipinski definition) is 2. The van der Waals surface area contributed by atoms with Crippen LogP contribution in [-0.2, 0) is 4.79 Å². The van der Waals surface area contributed by atoms with Gasteiger partial charge in [0.05, 0.1) is 0 Å². The highest BCUT2D eigenvalue weighted by atomic mass is 16.1. The first-order chi connectivity index (χ1) is 14.8. The molecule has 2 unspecified atom stereocenters. The van der Waals surface area contributed by atoms with Crippen molar-refractivity contribution >= 4 is 29.3 Å². The van der Waals surface area contributed by atoms with Crippen molar-refractivity contribution in [1.29, 1.82) is 0 Å². The first-order valence-electron chi connectivity index (χ1n) is 11.5. The lowest BCUT2D eigenvalue weighted by Crippen LogP contribution is -2.18. The second-order valence-corrected chi connectivity index (χ2v) is 9.18. The van der Waals surface area contributed by atoms with Crippen molar-refractivity contribution in [3.63, 3.8) is 0 Å². The van der Waals surface area contributed by atoms with Crippen molar-refractivity contribution < 1.29 is 7.65 Å². The van der Waals surface area contributed by atoms with Gasteiger partial charge in [0.15, 0.2) is 5.78 Å². The Hall–Kier alpha value is -2.81. The van der Waals surface area contributed by atoms with Gasteiger partial charge in [-0.15, -0.1) is 0 Å². The molecule has 31 heavy (non-hydrogen) atoms. The number of allylic oxidation sites excluding steroid dienone is 2. The maximum atomic E-state index is 13.2. The molecular formula is C28H40N2O. The van der Waals surface area contributed by atoms with Crippen molar-refractivity contribution in [2.24, 2.45) is 5.92 Å². The lowest BCUT2D eigenvalue weighted by molar-refractivity contribution is -0.113. The number of carbonyl (C=O) groups excluding carboxylic acids is 1. The first kappa shape index (κ1) is 22.9. The Morgan fingerprint density at radius 1 is 0.871 bits per heavy atom. The molecule has 168 valence electrons. The van der Waals surface area contributed by atoms with Gasteiger partial charge in [0.2, 0.25) is 0 Å². The van der Waals surface area contributed by atoms with Gasteiger partial charge in [-0.3, -0.25) is 4.79 Å². The van der Waals surface area contributed by atoms with Gasteiger partial charge in [-0.1, -0.05) is 38.1 Å². The molecule has 1 fully saturated rings. The highest BCUT2D eigenvalue weighted by Crippen LogP contribution is 2.32. The van der Waals surface area contributed by atoms with Gasteiger partial charge in [-0.25, -0.2) is 0 Å². The highest BCUT2D eigenvalue weighted by Gasteiger charge is 2.25. The van der Waals surface area contributed by atoms with Gasteiger partial charge in [0.25, 0.3) is 0 Å². The zero-order valence-electron chi connectivity index (χ0n) is 19.5. The van der Waals surface area contributed by atoms with E-state index >= 15 is 0 Å². The Bertz CT molecular complexity index is 947. The molecule has 3 nitrogen and oxygen atoms in total. The van der Waals surface area contributed by atoms with Crippen LogP contribution in [0.25, 0.3) is 12.2 Å². The molecule has 1 aliphatic carbocycles. The monoisotopic (exact) mass is 420 g/mol. The minimum atomic E-state index is 0.